The van der Waals surface area contributed by atoms with Crippen molar-refractivity contribution < 1.29 is 14.6 Å². The van der Waals surface area contributed by atoms with Gasteiger partial charge in [-0.3, -0.25) is 10.4 Å². The van der Waals surface area contributed by atoms with E-state index in [1.165, 1.54) is 17.5 Å². The van der Waals surface area contributed by atoms with E-state index in [2.05, 4.69) is 15.8 Å². The Morgan fingerprint density at radius 2 is 2.00 bits per heavy atom. The lowest BCUT2D eigenvalue weighted by Crippen LogP contribution is -2.13. The number of hydrogen-bond acceptors (Lipinski definition) is 6. The van der Waals surface area contributed by atoms with Crippen molar-refractivity contribution >= 4 is 38.9 Å². The number of aromatic nitrogens is 1. The number of thiophene rings is 1. The third kappa shape index (κ3) is 2.66. The minimum Gasteiger partial charge on any atom is -0.497 e. The zero-order chi connectivity index (χ0) is 15.5. The molecule has 0 radical (unpaired) electrons. The number of pyridine rings is 1. The zero-order valence-electron chi connectivity index (χ0n) is 11.7. The highest BCUT2D eigenvalue weighted by atomic mass is 32.1. The van der Waals surface area contributed by atoms with Crippen LogP contribution in [0.5, 0.6) is 5.75 Å². The molecule has 0 bridgehead atoms. The highest BCUT2D eigenvalue weighted by Gasteiger charge is 2.15. The summed E-state index contributed by atoms with van der Waals surface area (Å²) < 4.78 is 5.89. The average Bonchev–Trinajstić information content (AvgIpc) is 3.01. The fourth-order valence-electron chi connectivity index (χ4n) is 2.01. The van der Waals surface area contributed by atoms with E-state index >= 15 is 0 Å². The first-order valence-electron chi connectivity index (χ1n) is 6.44. The van der Waals surface area contributed by atoms with E-state index in [4.69, 9.17) is 4.74 Å². The lowest BCUT2D eigenvalue weighted by Gasteiger charge is -2.13. The van der Waals surface area contributed by atoms with Crippen LogP contribution in [0.25, 0.3) is 10.2 Å². The summed E-state index contributed by atoms with van der Waals surface area (Å²) in [5.74, 6) is -0.275. The largest absolute Gasteiger partial charge is 0.497 e. The van der Waals surface area contributed by atoms with Crippen LogP contribution in [0.4, 0.5) is 11.4 Å². The Morgan fingerprint density at radius 3 is 2.68 bits per heavy atom. The molecule has 0 saturated carbocycles. The molecule has 22 heavy (non-hydrogen) atoms. The number of anilines is 2. The van der Waals surface area contributed by atoms with E-state index in [0.29, 0.717) is 5.69 Å². The summed E-state index contributed by atoms with van der Waals surface area (Å²) in [6.07, 6.45) is 1.36. The molecule has 0 aliphatic heterocycles. The first-order chi connectivity index (χ1) is 10.7. The number of fused-ring (bicyclic) bond motifs is 1. The molecule has 1 aromatic carbocycles. The van der Waals surface area contributed by atoms with Crippen LogP contribution < -0.4 is 15.6 Å². The van der Waals surface area contributed by atoms with Gasteiger partial charge in [0.25, 0.3) is 0 Å². The molecule has 0 aliphatic carbocycles. The Morgan fingerprint density at radius 1 is 1.23 bits per heavy atom. The molecule has 0 saturated heterocycles. The quantitative estimate of drug-likeness (QED) is 0.626. The predicted octanol–water partition coefficient (Wildman–Crippen LogP) is 3.44. The molecule has 7 heteroatoms. The Hall–Kier alpha value is -2.80. The molecule has 6 nitrogen and oxygen atoms in total. The number of aromatic carboxylic acids is 1. The molecule has 0 unspecified atom stereocenters. The van der Waals surface area contributed by atoms with Gasteiger partial charge >= 0.3 is 5.97 Å². The van der Waals surface area contributed by atoms with Crippen molar-refractivity contribution in [1.82, 2.24) is 4.98 Å². The lowest BCUT2D eigenvalue weighted by molar-refractivity contribution is 0.0697. The first-order valence-corrected chi connectivity index (χ1v) is 7.32. The van der Waals surface area contributed by atoms with Crippen molar-refractivity contribution in [2.24, 2.45) is 0 Å². The number of rotatable bonds is 5. The second-order valence-electron chi connectivity index (χ2n) is 4.47. The molecule has 3 aromatic rings. The normalized spacial score (nSPS) is 10.4. The molecule has 0 spiro atoms. The van der Waals surface area contributed by atoms with E-state index in [1.807, 2.05) is 35.7 Å². The zero-order valence-corrected chi connectivity index (χ0v) is 12.5. The number of carboxylic acids is 1. The Labute approximate surface area is 130 Å². The molecule has 2 aromatic heterocycles. The molecule has 2 heterocycles. The number of hydrazine groups is 1. The summed E-state index contributed by atoms with van der Waals surface area (Å²) in [7, 11) is 1.60. The van der Waals surface area contributed by atoms with Crippen LogP contribution in [-0.4, -0.2) is 23.2 Å². The minimum absolute atomic E-state index is 0.121. The lowest BCUT2D eigenvalue weighted by atomic mass is 10.2. The van der Waals surface area contributed by atoms with Gasteiger partial charge in [0, 0.05) is 6.20 Å². The third-order valence-electron chi connectivity index (χ3n) is 3.13. The maximum Gasteiger partial charge on any atom is 0.339 e. The van der Waals surface area contributed by atoms with Crippen LogP contribution >= 0.6 is 11.3 Å². The van der Waals surface area contributed by atoms with Crippen molar-refractivity contribution in [3.8, 4) is 5.75 Å². The minimum atomic E-state index is -1.03. The van der Waals surface area contributed by atoms with Crippen LogP contribution in [0.1, 0.15) is 10.4 Å². The number of hydrogen-bond donors (Lipinski definition) is 3. The molecular weight excluding hydrogens is 302 g/mol. The van der Waals surface area contributed by atoms with Gasteiger partial charge in [-0.05, 0) is 35.7 Å². The van der Waals surface area contributed by atoms with E-state index in [0.717, 1.165) is 21.7 Å². The topological polar surface area (TPSA) is 83.5 Å². The molecule has 3 rings (SSSR count). The average molecular weight is 315 g/mol. The number of carboxylic acid groups (broad SMARTS) is 1. The van der Waals surface area contributed by atoms with E-state index in [1.54, 1.807) is 7.11 Å². The van der Waals surface area contributed by atoms with Crippen LogP contribution in [0.2, 0.25) is 0 Å². The fraction of sp³-hybridized carbons (Fsp3) is 0.0667. The summed E-state index contributed by atoms with van der Waals surface area (Å²) in [5, 5.41) is 11.2. The smallest absolute Gasteiger partial charge is 0.339 e. The van der Waals surface area contributed by atoms with Crippen LogP contribution in [0, 0.1) is 0 Å². The first kappa shape index (κ1) is 14.2. The Bertz CT molecular complexity index is 815. The SMILES string of the molecule is COc1ccc(NNc2c(C(=O)O)cnc3ccsc23)cc1. The van der Waals surface area contributed by atoms with Crippen LogP contribution in [-0.2, 0) is 0 Å². The standard InChI is InChI=1S/C15H13N3O3S/c1-21-10-4-2-9(3-5-10)17-18-13-11(15(19)20)8-16-12-6-7-22-14(12)13/h2-8,17H,1H3,(H,16,18)(H,19,20). The van der Waals surface area contributed by atoms with Crippen LogP contribution in [0.15, 0.2) is 41.9 Å². The number of benzene rings is 1. The molecule has 0 amide bonds. The summed E-state index contributed by atoms with van der Waals surface area (Å²) in [6.45, 7) is 0. The summed E-state index contributed by atoms with van der Waals surface area (Å²) in [6, 6.07) is 9.15. The van der Waals surface area contributed by atoms with Gasteiger partial charge in [-0.1, -0.05) is 0 Å². The van der Waals surface area contributed by atoms with E-state index in [9.17, 15) is 9.90 Å². The molecule has 0 fully saturated rings. The molecule has 112 valence electrons. The number of ether oxygens (including phenoxy) is 1. The van der Waals surface area contributed by atoms with Crippen molar-refractivity contribution in [3.63, 3.8) is 0 Å². The Kier molecular flexibility index (Phi) is 3.80. The van der Waals surface area contributed by atoms with E-state index in [-0.39, 0.29) is 5.56 Å². The predicted molar refractivity (Wildman–Crippen MR) is 86.8 cm³/mol. The van der Waals surface area contributed by atoms with Gasteiger partial charge in [-0.2, -0.15) is 0 Å². The van der Waals surface area contributed by atoms with Gasteiger partial charge in [0.2, 0.25) is 0 Å². The maximum absolute atomic E-state index is 11.4. The van der Waals surface area contributed by atoms with Crippen molar-refractivity contribution in [2.45, 2.75) is 0 Å². The highest BCUT2D eigenvalue weighted by molar-refractivity contribution is 7.17. The number of carbonyl (C=O) groups is 1. The number of methoxy groups -OCH3 is 1. The fourth-order valence-corrected chi connectivity index (χ4v) is 2.86. The van der Waals surface area contributed by atoms with Crippen molar-refractivity contribution in [3.05, 3.63) is 47.5 Å². The second kappa shape index (κ2) is 5.90. The third-order valence-corrected chi connectivity index (χ3v) is 4.05. The number of nitrogens with one attached hydrogen (secondary N) is 2. The summed E-state index contributed by atoms with van der Waals surface area (Å²) >= 11 is 1.44. The van der Waals surface area contributed by atoms with Gasteiger partial charge in [-0.25, -0.2) is 4.79 Å². The molecule has 0 atom stereocenters. The van der Waals surface area contributed by atoms with E-state index < -0.39 is 5.97 Å². The molecular formula is C15H13N3O3S. The van der Waals surface area contributed by atoms with Crippen molar-refractivity contribution in [1.29, 1.82) is 0 Å². The second-order valence-corrected chi connectivity index (χ2v) is 5.38. The monoisotopic (exact) mass is 315 g/mol. The van der Waals surface area contributed by atoms with Gasteiger partial charge in [0.05, 0.1) is 28.7 Å². The van der Waals surface area contributed by atoms with Gasteiger partial charge in [0.15, 0.2) is 0 Å². The Balaban J connectivity index is 1.90. The maximum atomic E-state index is 11.4. The van der Waals surface area contributed by atoms with Gasteiger partial charge < -0.3 is 15.3 Å². The summed E-state index contributed by atoms with van der Waals surface area (Å²) in [5.41, 5.74) is 8.15. The van der Waals surface area contributed by atoms with Crippen molar-refractivity contribution in [2.75, 3.05) is 18.0 Å². The number of nitrogens with zero attached hydrogens (tertiary/aromatic N) is 1. The van der Waals surface area contributed by atoms with Crippen LogP contribution in [0.3, 0.4) is 0 Å². The molecule has 0 aliphatic rings. The molecule has 3 N–H and O–H groups in total. The highest BCUT2D eigenvalue weighted by Crippen LogP contribution is 2.30. The van der Waals surface area contributed by atoms with Gasteiger partial charge in [-0.15, -0.1) is 11.3 Å². The van der Waals surface area contributed by atoms with Gasteiger partial charge in [0.1, 0.15) is 11.3 Å². The summed E-state index contributed by atoms with van der Waals surface area (Å²) in [4.78, 5) is 15.5.